The topological polar surface area (TPSA) is 78.9 Å². The number of esters is 3. The molecular formula is C70H132O6. The fourth-order valence-electron chi connectivity index (χ4n) is 10.5. The Morgan fingerprint density at radius 2 is 0.474 bits per heavy atom. The van der Waals surface area contributed by atoms with Crippen molar-refractivity contribution in [2.24, 2.45) is 0 Å². The average molecular weight is 1070 g/mol. The lowest BCUT2D eigenvalue weighted by Gasteiger charge is -2.18. The van der Waals surface area contributed by atoms with Crippen LogP contribution in [0.15, 0.2) is 24.3 Å². The van der Waals surface area contributed by atoms with Crippen LogP contribution >= 0.6 is 0 Å². The lowest BCUT2D eigenvalue weighted by atomic mass is 10.0. The number of hydrogen-bond acceptors (Lipinski definition) is 6. The molecule has 0 fully saturated rings. The normalized spacial score (nSPS) is 12.1. The van der Waals surface area contributed by atoms with Gasteiger partial charge in [-0.3, -0.25) is 14.4 Å². The summed E-state index contributed by atoms with van der Waals surface area (Å²) < 4.78 is 17.0. The average Bonchev–Trinajstić information content (AvgIpc) is 3.42. The van der Waals surface area contributed by atoms with Crippen LogP contribution in [0.25, 0.3) is 0 Å². The van der Waals surface area contributed by atoms with Crippen LogP contribution in [-0.4, -0.2) is 37.2 Å². The molecule has 448 valence electrons. The second-order valence-electron chi connectivity index (χ2n) is 23.5. The van der Waals surface area contributed by atoms with E-state index in [0.29, 0.717) is 19.3 Å². The van der Waals surface area contributed by atoms with Crippen molar-refractivity contribution in [1.29, 1.82) is 0 Å². The molecular weight excluding hydrogens is 937 g/mol. The third-order valence-electron chi connectivity index (χ3n) is 15.7. The van der Waals surface area contributed by atoms with Crippen LogP contribution in [-0.2, 0) is 28.6 Å². The fourth-order valence-corrected chi connectivity index (χ4v) is 10.5. The number of carbonyl (C=O) groups excluding carboxylic acids is 3. The minimum absolute atomic E-state index is 0.0663. The maximum absolute atomic E-state index is 12.9. The molecule has 6 nitrogen and oxygen atoms in total. The van der Waals surface area contributed by atoms with Crippen molar-refractivity contribution in [3.05, 3.63) is 24.3 Å². The van der Waals surface area contributed by atoms with Gasteiger partial charge in [0.15, 0.2) is 6.10 Å². The van der Waals surface area contributed by atoms with Gasteiger partial charge in [0.1, 0.15) is 13.2 Å². The van der Waals surface area contributed by atoms with Crippen LogP contribution in [0, 0.1) is 0 Å². The predicted octanol–water partition coefficient (Wildman–Crippen LogP) is 23.4. The van der Waals surface area contributed by atoms with E-state index in [9.17, 15) is 14.4 Å². The van der Waals surface area contributed by atoms with Crippen molar-refractivity contribution in [1.82, 2.24) is 0 Å². The maximum atomic E-state index is 12.9. The number of hydrogen-bond donors (Lipinski definition) is 0. The Morgan fingerprint density at radius 1 is 0.263 bits per heavy atom. The second-order valence-corrected chi connectivity index (χ2v) is 23.5. The Labute approximate surface area is 474 Å². The molecule has 0 aromatic carbocycles. The Balaban J connectivity index is 4.30. The van der Waals surface area contributed by atoms with Crippen LogP contribution in [0.3, 0.4) is 0 Å². The minimum atomic E-state index is -0.770. The van der Waals surface area contributed by atoms with E-state index in [1.54, 1.807) is 0 Å². The van der Waals surface area contributed by atoms with E-state index in [-0.39, 0.29) is 31.1 Å². The van der Waals surface area contributed by atoms with Gasteiger partial charge in [-0.1, -0.05) is 340 Å². The van der Waals surface area contributed by atoms with Gasteiger partial charge in [-0.25, -0.2) is 0 Å². The molecule has 0 N–H and O–H groups in total. The van der Waals surface area contributed by atoms with Crippen molar-refractivity contribution < 1.29 is 28.6 Å². The molecule has 0 aliphatic carbocycles. The zero-order valence-electron chi connectivity index (χ0n) is 51.6. The summed E-state index contributed by atoms with van der Waals surface area (Å²) in [4.78, 5) is 38.4. The first-order chi connectivity index (χ1) is 37.5. The van der Waals surface area contributed by atoms with Crippen molar-refractivity contribution >= 4 is 17.9 Å². The smallest absolute Gasteiger partial charge is 0.306 e. The van der Waals surface area contributed by atoms with Crippen molar-refractivity contribution in [3.8, 4) is 0 Å². The summed E-state index contributed by atoms with van der Waals surface area (Å²) >= 11 is 0. The maximum Gasteiger partial charge on any atom is 0.306 e. The Morgan fingerprint density at radius 3 is 0.750 bits per heavy atom. The molecule has 0 aliphatic heterocycles. The van der Waals surface area contributed by atoms with Crippen LogP contribution in [0.4, 0.5) is 0 Å². The van der Waals surface area contributed by atoms with E-state index >= 15 is 0 Å². The Bertz CT molecular complexity index is 1230. The first kappa shape index (κ1) is 73.9. The van der Waals surface area contributed by atoms with Crippen molar-refractivity contribution in [2.45, 2.75) is 393 Å². The summed E-state index contributed by atoms with van der Waals surface area (Å²) in [7, 11) is 0. The highest BCUT2D eigenvalue weighted by Gasteiger charge is 2.19. The first-order valence-electron chi connectivity index (χ1n) is 34.3. The number of carbonyl (C=O) groups is 3. The zero-order chi connectivity index (χ0) is 55.0. The van der Waals surface area contributed by atoms with Gasteiger partial charge in [0, 0.05) is 19.3 Å². The highest BCUT2D eigenvalue weighted by atomic mass is 16.6. The van der Waals surface area contributed by atoms with Gasteiger partial charge in [0.05, 0.1) is 0 Å². The summed E-state index contributed by atoms with van der Waals surface area (Å²) in [5.41, 5.74) is 0. The lowest BCUT2D eigenvalue weighted by Crippen LogP contribution is -2.30. The van der Waals surface area contributed by atoms with Gasteiger partial charge >= 0.3 is 17.9 Å². The van der Waals surface area contributed by atoms with Crippen LogP contribution in [0.2, 0.25) is 0 Å². The SMILES string of the molecule is CCCCC/C=C\C/C=C\CCCCCCCCCCCC(=O)OC(COC(=O)CCCCCCCCCCCCCCCCCCCCC)COC(=O)CCCCCCCCCCCCCCCCCCCCCC. The molecule has 0 radical (unpaired) electrons. The molecule has 1 unspecified atom stereocenters. The third-order valence-corrected chi connectivity index (χ3v) is 15.7. The number of unbranched alkanes of at least 4 members (excludes halogenated alkanes) is 49. The lowest BCUT2D eigenvalue weighted by molar-refractivity contribution is -0.167. The predicted molar refractivity (Wildman–Crippen MR) is 330 cm³/mol. The third kappa shape index (κ3) is 62.7. The van der Waals surface area contributed by atoms with Gasteiger partial charge in [0.25, 0.3) is 0 Å². The van der Waals surface area contributed by atoms with Gasteiger partial charge in [-0.05, 0) is 51.4 Å². The molecule has 0 aliphatic rings. The highest BCUT2D eigenvalue weighted by Crippen LogP contribution is 2.19. The molecule has 0 bridgehead atoms. The molecule has 0 saturated heterocycles. The minimum Gasteiger partial charge on any atom is -0.462 e. The second kappa shape index (κ2) is 65.4. The summed E-state index contributed by atoms with van der Waals surface area (Å²) in [6.07, 6.45) is 79.0. The van der Waals surface area contributed by atoms with Crippen LogP contribution < -0.4 is 0 Å². The van der Waals surface area contributed by atoms with Gasteiger partial charge in [-0.15, -0.1) is 0 Å². The molecule has 0 rings (SSSR count). The van der Waals surface area contributed by atoms with E-state index in [0.717, 1.165) is 64.2 Å². The molecule has 0 spiro atoms. The van der Waals surface area contributed by atoms with E-state index in [4.69, 9.17) is 14.2 Å². The summed E-state index contributed by atoms with van der Waals surface area (Å²) in [5.74, 6) is -0.837. The van der Waals surface area contributed by atoms with Crippen LogP contribution in [0.5, 0.6) is 0 Å². The quantitative estimate of drug-likeness (QED) is 0.0261. The Kier molecular flexibility index (Phi) is 63.6. The molecule has 1 atom stereocenters. The number of rotatable bonds is 64. The standard InChI is InChI=1S/C70H132O6/c1-4-7-10-13-16-19-22-25-28-31-34-37-39-42-45-48-51-54-57-60-63-69(72)75-66-67(76-70(73)64-61-58-55-52-49-46-43-40-36-33-30-27-24-21-18-15-12-9-6-3)65-74-68(71)62-59-56-53-50-47-44-41-38-35-32-29-26-23-20-17-14-11-8-5-2/h18,21,27,30,67H,4-17,19-20,22-26,28-29,31-66H2,1-3H3/b21-18-,30-27-. The largest absolute Gasteiger partial charge is 0.462 e. The zero-order valence-corrected chi connectivity index (χ0v) is 51.6. The molecule has 0 saturated carbocycles. The summed E-state index contributed by atoms with van der Waals surface area (Å²) in [6.45, 7) is 6.70. The van der Waals surface area contributed by atoms with Gasteiger partial charge in [-0.2, -0.15) is 0 Å². The van der Waals surface area contributed by atoms with Crippen molar-refractivity contribution in [2.75, 3.05) is 13.2 Å². The van der Waals surface area contributed by atoms with E-state index in [1.807, 2.05) is 0 Å². The van der Waals surface area contributed by atoms with Crippen molar-refractivity contribution in [3.63, 3.8) is 0 Å². The molecule has 0 aromatic heterocycles. The number of ether oxygens (including phenoxy) is 3. The Hall–Kier alpha value is -2.11. The first-order valence-corrected chi connectivity index (χ1v) is 34.3. The summed E-state index contributed by atoms with van der Waals surface area (Å²) in [6, 6.07) is 0. The fraction of sp³-hybridized carbons (Fsp3) is 0.900. The monoisotopic (exact) mass is 1070 g/mol. The highest BCUT2D eigenvalue weighted by molar-refractivity contribution is 5.71. The van der Waals surface area contributed by atoms with Gasteiger partial charge in [0.2, 0.25) is 0 Å². The van der Waals surface area contributed by atoms with E-state index in [1.165, 1.54) is 283 Å². The number of allylic oxidation sites excluding steroid dienone is 4. The molecule has 0 heterocycles. The molecule has 0 amide bonds. The summed E-state index contributed by atoms with van der Waals surface area (Å²) in [5, 5.41) is 0. The van der Waals surface area contributed by atoms with Crippen LogP contribution in [0.1, 0.15) is 387 Å². The van der Waals surface area contributed by atoms with Gasteiger partial charge < -0.3 is 14.2 Å². The molecule has 76 heavy (non-hydrogen) atoms. The van der Waals surface area contributed by atoms with E-state index < -0.39 is 6.10 Å². The van der Waals surface area contributed by atoms with E-state index in [2.05, 4.69) is 45.1 Å². The molecule has 6 heteroatoms. The molecule has 0 aromatic rings.